The van der Waals surface area contributed by atoms with Gasteiger partial charge in [-0.2, -0.15) is 12.6 Å². The summed E-state index contributed by atoms with van der Waals surface area (Å²) in [6, 6.07) is -0.684. The van der Waals surface area contributed by atoms with Crippen LogP contribution in [0.5, 0.6) is 0 Å². The number of nitrogens with two attached hydrogens (primary N) is 1. The van der Waals surface area contributed by atoms with Gasteiger partial charge in [0.15, 0.2) is 0 Å². The summed E-state index contributed by atoms with van der Waals surface area (Å²) in [7, 11) is 0. The molecule has 2 saturated heterocycles. The van der Waals surface area contributed by atoms with Crippen LogP contribution in [0.1, 0.15) is 39.0 Å². The minimum absolute atomic E-state index is 0.0340. The minimum Gasteiger partial charge on any atom is -0.368 e. The first-order valence-electron chi connectivity index (χ1n) is 7.49. The molecule has 2 heterocycles. The molecule has 0 aromatic carbocycles. The molecule has 118 valence electrons. The minimum atomic E-state index is -0.735. The van der Waals surface area contributed by atoms with E-state index in [1.165, 1.54) is 4.90 Å². The molecule has 1 spiro atoms. The fourth-order valence-corrected chi connectivity index (χ4v) is 3.70. The van der Waals surface area contributed by atoms with Gasteiger partial charge in [-0.05, 0) is 25.7 Å². The van der Waals surface area contributed by atoms with Crippen LogP contribution in [0.3, 0.4) is 0 Å². The van der Waals surface area contributed by atoms with Crippen molar-refractivity contribution in [2.45, 2.75) is 50.6 Å². The Hall–Kier alpha value is -1.24. The van der Waals surface area contributed by atoms with E-state index in [4.69, 9.17) is 5.73 Å². The highest BCUT2D eigenvalue weighted by Crippen LogP contribution is 2.39. The van der Waals surface area contributed by atoms with Crippen molar-refractivity contribution in [3.8, 4) is 0 Å². The van der Waals surface area contributed by atoms with Crippen molar-refractivity contribution < 1.29 is 14.4 Å². The summed E-state index contributed by atoms with van der Waals surface area (Å²) in [6.45, 7) is 2.98. The zero-order valence-electron chi connectivity index (χ0n) is 12.4. The Morgan fingerprint density at radius 1 is 1.43 bits per heavy atom. The highest BCUT2D eigenvalue weighted by atomic mass is 32.1. The van der Waals surface area contributed by atoms with Crippen molar-refractivity contribution in [3.05, 3.63) is 0 Å². The van der Waals surface area contributed by atoms with Crippen LogP contribution < -0.4 is 5.73 Å². The lowest BCUT2D eigenvalue weighted by atomic mass is 9.77. The summed E-state index contributed by atoms with van der Waals surface area (Å²) in [6.07, 6.45) is 3.76. The predicted octanol–water partition coefficient (Wildman–Crippen LogP) is 0.164. The number of primary amides is 1. The third-order valence-electron chi connectivity index (χ3n) is 4.47. The van der Waals surface area contributed by atoms with E-state index in [0.717, 1.165) is 19.3 Å². The first-order valence-corrected chi connectivity index (χ1v) is 8.13. The van der Waals surface area contributed by atoms with Gasteiger partial charge in [0.2, 0.25) is 11.8 Å². The number of β-lactam (4-membered cyclic amide) rings is 1. The molecule has 3 amide bonds. The molecule has 0 radical (unpaired) electrons. The maximum absolute atomic E-state index is 12.7. The van der Waals surface area contributed by atoms with Gasteiger partial charge in [0.25, 0.3) is 5.91 Å². The Balaban J connectivity index is 2.16. The van der Waals surface area contributed by atoms with E-state index in [1.54, 1.807) is 4.90 Å². The summed E-state index contributed by atoms with van der Waals surface area (Å²) in [5.41, 5.74) is 4.58. The molecule has 21 heavy (non-hydrogen) atoms. The summed E-state index contributed by atoms with van der Waals surface area (Å²) in [4.78, 5) is 39.5. The van der Waals surface area contributed by atoms with Crippen molar-refractivity contribution in [3.63, 3.8) is 0 Å². The first kappa shape index (κ1) is 16.1. The lowest BCUT2D eigenvalue weighted by Crippen LogP contribution is -2.78. The number of carbonyl (C=O) groups excluding carboxylic acids is 3. The van der Waals surface area contributed by atoms with Crippen molar-refractivity contribution in [1.82, 2.24) is 9.80 Å². The fraction of sp³-hybridized carbons (Fsp3) is 0.786. The van der Waals surface area contributed by atoms with Gasteiger partial charge in [0.05, 0.1) is 6.54 Å². The lowest BCUT2D eigenvalue weighted by Gasteiger charge is -2.57. The van der Waals surface area contributed by atoms with Crippen LogP contribution >= 0.6 is 12.6 Å². The van der Waals surface area contributed by atoms with Gasteiger partial charge < -0.3 is 15.5 Å². The van der Waals surface area contributed by atoms with Gasteiger partial charge in [-0.15, -0.1) is 0 Å². The second-order valence-electron chi connectivity index (χ2n) is 5.82. The van der Waals surface area contributed by atoms with Gasteiger partial charge in [0.1, 0.15) is 11.6 Å². The monoisotopic (exact) mass is 313 g/mol. The Kier molecular flexibility index (Phi) is 4.81. The van der Waals surface area contributed by atoms with Gasteiger partial charge in [-0.25, -0.2) is 0 Å². The predicted molar refractivity (Wildman–Crippen MR) is 81.8 cm³/mol. The van der Waals surface area contributed by atoms with Crippen molar-refractivity contribution >= 4 is 30.4 Å². The number of thiol groups is 1. The van der Waals surface area contributed by atoms with E-state index in [9.17, 15) is 14.4 Å². The van der Waals surface area contributed by atoms with Gasteiger partial charge in [-0.3, -0.25) is 14.4 Å². The van der Waals surface area contributed by atoms with Gasteiger partial charge in [-0.1, -0.05) is 6.92 Å². The van der Waals surface area contributed by atoms with Gasteiger partial charge in [0, 0.05) is 18.7 Å². The Morgan fingerprint density at radius 3 is 2.67 bits per heavy atom. The number of piperidine rings is 1. The smallest absolute Gasteiger partial charge is 0.251 e. The molecule has 7 heteroatoms. The summed E-state index contributed by atoms with van der Waals surface area (Å²) in [5.74, 6) is -0.452. The Morgan fingerprint density at radius 2 is 2.14 bits per heavy atom. The molecule has 0 saturated carbocycles. The molecule has 2 aliphatic rings. The van der Waals surface area contributed by atoms with Crippen LogP contribution in [0, 0.1) is 0 Å². The summed E-state index contributed by atoms with van der Waals surface area (Å²) in [5, 5.41) is 0. The Labute approximate surface area is 130 Å². The fourth-order valence-electron chi connectivity index (χ4n) is 3.33. The quantitative estimate of drug-likeness (QED) is 0.560. The van der Waals surface area contributed by atoms with Crippen LogP contribution in [-0.4, -0.2) is 57.9 Å². The third kappa shape index (κ3) is 2.63. The molecule has 0 aromatic rings. The zero-order chi connectivity index (χ0) is 15.6. The molecule has 0 aliphatic carbocycles. The molecule has 2 rings (SSSR count). The van der Waals surface area contributed by atoms with Crippen LogP contribution in [-0.2, 0) is 14.4 Å². The van der Waals surface area contributed by atoms with Gasteiger partial charge >= 0.3 is 0 Å². The van der Waals surface area contributed by atoms with E-state index in [-0.39, 0.29) is 17.6 Å². The van der Waals surface area contributed by atoms with E-state index < -0.39 is 17.5 Å². The van der Waals surface area contributed by atoms with Crippen LogP contribution in [0.15, 0.2) is 0 Å². The molecule has 2 unspecified atom stereocenters. The largest absolute Gasteiger partial charge is 0.368 e. The molecule has 6 nitrogen and oxygen atoms in total. The maximum Gasteiger partial charge on any atom is 0.251 e. The topological polar surface area (TPSA) is 83.7 Å². The number of rotatable bonds is 5. The standard InChI is InChI=1S/C14H23N3O3S/c1-2-5-11(18)17-7-4-3-6-14(17)9-16(13(14)20)10(8-21)12(15)19/h10,21H,2-9H2,1H3,(H2,15,19). The summed E-state index contributed by atoms with van der Waals surface area (Å²) >= 11 is 4.10. The second-order valence-corrected chi connectivity index (χ2v) is 6.18. The molecule has 2 fully saturated rings. The lowest BCUT2D eigenvalue weighted by molar-refractivity contribution is -0.179. The number of hydrogen-bond donors (Lipinski definition) is 2. The third-order valence-corrected chi connectivity index (χ3v) is 4.82. The number of hydrogen-bond acceptors (Lipinski definition) is 4. The first-order chi connectivity index (χ1) is 9.97. The molecular formula is C14H23N3O3S. The number of amides is 3. The van der Waals surface area contributed by atoms with E-state index in [0.29, 0.717) is 25.9 Å². The SMILES string of the molecule is CCCC(=O)N1CCCCC12CN(C(CS)C(N)=O)C2=O. The van der Waals surface area contributed by atoms with E-state index >= 15 is 0 Å². The molecule has 0 aromatic heterocycles. The normalized spacial score (nSPS) is 26.7. The molecule has 2 N–H and O–H groups in total. The van der Waals surface area contributed by atoms with Crippen LogP contribution in [0.4, 0.5) is 0 Å². The average Bonchev–Trinajstić information content (AvgIpc) is 2.47. The van der Waals surface area contributed by atoms with Crippen molar-refractivity contribution in [1.29, 1.82) is 0 Å². The van der Waals surface area contributed by atoms with Crippen molar-refractivity contribution in [2.24, 2.45) is 5.73 Å². The second kappa shape index (κ2) is 6.25. The zero-order valence-corrected chi connectivity index (χ0v) is 13.3. The molecule has 2 atom stereocenters. The molecule has 2 aliphatic heterocycles. The Bertz CT molecular complexity index is 457. The van der Waals surface area contributed by atoms with E-state index in [1.807, 2.05) is 6.92 Å². The highest BCUT2D eigenvalue weighted by molar-refractivity contribution is 7.80. The highest BCUT2D eigenvalue weighted by Gasteiger charge is 2.59. The molecule has 0 bridgehead atoms. The van der Waals surface area contributed by atoms with E-state index in [2.05, 4.69) is 12.6 Å². The number of likely N-dealkylation sites (tertiary alicyclic amines) is 2. The maximum atomic E-state index is 12.7. The summed E-state index contributed by atoms with van der Waals surface area (Å²) < 4.78 is 0. The van der Waals surface area contributed by atoms with Crippen LogP contribution in [0.2, 0.25) is 0 Å². The van der Waals surface area contributed by atoms with Crippen LogP contribution in [0.25, 0.3) is 0 Å². The van der Waals surface area contributed by atoms with Crippen molar-refractivity contribution in [2.75, 3.05) is 18.8 Å². The number of nitrogens with zero attached hydrogens (tertiary/aromatic N) is 2. The average molecular weight is 313 g/mol. The molecular weight excluding hydrogens is 290 g/mol. The number of carbonyl (C=O) groups is 3.